The van der Waals surface area contributed by atoms with Crippen LogP contribution in [0, 0.1) is 6.92 Å². The van der Waals surface area contributed by atoms with Crippen molar-refractivity contribution in [3.63, 3.8) is 0 Å². The fourth-order valence-electron chi connectivity index (χ4n) is 3.31. The van der Waals surface area contributed by atoms with Crippen LogP contribution >= 0.6 is 0 Å². The van der Waals surface area contributed by atoms with Gasteiger partial charge in [-0.3, -0.25) is 4.79 Å². The van der Waals surface area contributed by atoms with E-state index < -0.39 is 0 Å². The second-order valence-corrected chi connectivity index (χ2v) is 6.62. The maximum Gasteiger partial charge on any atom is 0.170 e. The zero-order valence-electron chi connectivity index (χ0n) is 13.1. The number of rotatable bonds is 2. The summed E-state index contributed by atoms with van der Waals surface area (Å²) in [7, 11) is 0. The maximum absolute atomic E-state index is 12.6. The molecular formula is C17H24N2O2. The van der Waals surface area contributed by atoms with Crippen molar-refractivity contribution >= 4 is 11.5 Å². The van der Waals surface area contributed by atoms with Gasteiger partial charge in [0.2, 0.25) is 0 Å². The molecule has 1 saturated heterocycles. The Kier molecular flexibility index (Phi) is 3.66. The first-order valence-corrected chi connectivity index (χ1v) is 7.83. The summed E-state index contributed by atoms with van der Waals surface area (Å²) >= 11 is 0. The van der Waals surface area contributed by atoms with E-state index >= 15 is 0 Å². The molecule has 2 aliphatic heterocycles. The summed E-state index contributed by atoms with van der Waals surface area (Å²) in [5.41, 5.74) is 2.47. The number of ether oxygens (including phenoxy) is 1. The number of ketones is 1. The van der Waals surface area contributed by atoms with E-state index in [1.54, 1.807) is 0 Å². The SMILES string of the molecule is Cc1cc(NC(C)C)c2c(c1)C(=O)CC1(CCNCC1)O2. The molecule has 4 heteroatoms. The number of hydrogen-bond donors (Lipinski definition) is 2. The van der Waals surface area contributed by atoms with Crippen LogP contribution in [-0.4, -0.2) is 30.5 Å². The van der Waals surface area contributed by atoms with E-state index in [0.717, 1.165) is 48.5 Å². The predicted molar refractivity (Wildman–Crippen MR) is 84.3 cm³/mol. The van der Waals surface area contributed by atoms with Crippen LogP contribution in [-0.2, 0) is 0 Å². The van der Waals surface area contributed by atoms with Gasteiger partial charge in [0.05, 0.1) is 17.7 Å². The highest BCUT2D eigenvalue weighted by Crippen LogP contribution is 2.43. The molecule has 0 saturated carbocycles. The number of nitrogens with one attached hydrogen (secondary N) is 2. The molecule has 0 aliphatic carbocycles. The number of carbonyl (C=O) groups excluding carboxylic acids is 1. The normalized spacial score (nSPS) is 20.3. The first-order chi connectivity index (χ1) is 9.99. The van der Waals surface area contributed by atoms with Crippen molar-refractivity contribution in [1.29, 1.82) is 0 Å². The lowest BCUT2D eigenvalue weighted by Gasteiger charge is -2.41. The second-order valence-electron chi connectivity index (χ2n) is 6.62. The molecule has 0 unspecified atom stereocenters. The minimum absolute atomic E-state index is 0.216. The second kappa shape index (κ2) is 5.34. The zero-order valence-corrected chi connectivity index (χ0v) is 13.1. The van der Waals surface area contributed by atoms with Crippen molar-refractivity contribution in [2.24, 2.45) is 0 Å². The van der Waals surface area contributed by atoms with Gasteiger partial charge in [0, 0.05) is 18.9 Å². The largest absolute Gasteiger partial charge is 0.484 e. The molecule has 2 N–H and O–H groups in total. The molecule has 3 rings (SSSR count). The lowest BCUT2D eigenvalue weighted by atomic mass is 9.82. The predicted octanol–water partition coefficient (Wildman–Crippen LogP) is 2.90. The number of fused-ring (bicyclic) bond motifs is 1. The Labute approximate surface area is 126 Å². The third-order valence-corrected chi connectivity index (χ3v) is 4.29. The Bertz CT molecular complexity index is 560. The molecule has 2 aliphatic rings. The van der Waals surface area contributed by atoms with E-state index in [1.807, 2.05) is 13.0 Å². The van der Waals surface area contributed by atoms with Crippen LogP contribution in [0.4, 0.5) is 5.69 Å². The van der Waals surface area contributed by atoms with E-state index in [1.165, 1.54) is 0 Å². The van der Waals surface area contributed by atoms with Gasteiger partial charge >= 0.3 is 0 Å². The fraction of sp³-hybridized carbons (Fsp3) is 0.588. The third kappa shape index (κ3) is 2.77. The van der Waals surface area contributed by atoms with Crippen LogP contribution in [0.2, 0.25) is 0 Å². The van der Waals surface area contributed by atoms with E-state index in [4.69, 9.17) is 4.74 Å². The molecule has 0 aromatic heterocycles. The van der Waals surface area contributed by atoms with Crippen LogP contribution < -0.4 is 15.4 Å². The lowest BCUT2D eigenvalue weighted by molar-refractivity contribution is 0.0192. The van der Waals surface area contributed by atoms with Crippen LogP contribution in [0.1, 0.15) is 49.0 Å². The van der Waals surface area contributed by atoms with Crippen molar-refractivity contribution < 1.29 is 9.53 Å². The lowest BCUT2D eigenvalue weighted by Crippen LogP contribution is -2.49. The molecule has 114 valence electrons. The molecule has 0 atom stereocenters. The van der Waals surface area contributed by atoms with Crippen molar-refractivity contribution in [3.05, 3.63) is 23.3 Å². The summed E-state index contributed by atoms with van der Waals surface area (Å²) in [6.45, 7) is 8.05. The van der Waals surface area contributed by atoms with Crippen molar-refractivity contribution in [2.75, 3.05) is 18.4 Å². The molecule has 1 aromatic rings. The van der Waals surface area contributed by atoms with Gasteiger partial charge in [-0.05, 0) is 51.6 Å². The number of hydrogen-bond acceptors (Lipinski definition) is 4. The number of benzene rings is 1. The van der Waals surface area contributed by atoms with Gasteiger partial charge in [-0.15, -0.1) is 0 Å². The Balaban J connectivity index is 2.02. The fourth-order valence-corrected chi connectivity index (χ4v) is 3.31. The quantitative estimate of drug-likeness (QED) is 0.878. The molecule has 0 amide bonds. The number of Topliss-reactive ketones (excluding diaryl/α,β-unsaturated/α-hetero) is 1. The topological polar surface area (TPSA) is 50.4 Å². The zero-order chi connectivity index (χ0) is 15.0. The van der Waals surface area contributed by atoms with E-state index in [2.05, 4.69) is 30.5 Å². The van der Waals surface area contributed by atoms with Crippen molar-refractivity contribution in [1.82, 2.24) is 5.32 Å². The minimum atomic E-state index is -0.308. The Morgan fingerprint density at radius 3 is 2.67 bits per heavy atom. The highest BCUT2D eigenvalue weighted by Gasteiger charge is 2.42. The van der Waals surface area contributed by atoms with Gasteiger partial charge in [-0.25, -0.2) is 0 Å². The maximum atomic E-state index is 12.6. The first-order valence-electron chi connectivity index (χ1n) is 7.83. The van der Waals surface area contributed by atoms with Crippen LogP contribution in [0.3, 0.4) is 0 Å². The highest BCUT2D eigenvalue weighted by molar-refractivity contribution is 6.02. The number of piperidine rings is 1. The highest BCUT2D eigenvalue weighted by atomic mass is 16.5. The molecule has 21 heavy (non-hydrogen) atoms. The molecule has 1 spiro atoms. The minimum Gasteiger partial charge on any atom is -0.484 e. The number of aryl methyl sites for hydroxylation is 1. The van der Waals surface area contributed by atoms with Gasteiger partial charge in [0.25, 0.3) is 0 Å². The summed E-state index contributed by atoms with van der Waals surface area (Å²) in [6, 6.07) is 4.34. The van der Waals surface area contributed by atoms with Gasteiger partial charge in [0.1, 0.15) is 5.60 Å². The Morgan fingerprint density at radius 2 is 2.00 bits per heavy atom. The van der Waals surface area contributed by atoms with Crippen LogP contribution in [0.15, 0.2) is 12.1 Å². The molecule has 2 heterocycles. The summed E-state index contributed by atoms with van der Waals surface area (Å²) in [5.74, 6) is 0.973. The molecule has 0 radical (unpaired) electrons. The van der Waals surface area contributed by atoms with E-state index in [0.29, 0.717) is 12.5 Å². The van der Waals surface area contributed by atoms with Gasteiger partial charge in [-0.2, -0.15) is 0 Å². The molecule has 1 aromatic carbocycles. The smallest absolute Gasteiger partial charge is 0.170 e. The number of carbonyl (C=O) groups is 1. The first kappa shape index (κ1) is 14.4. The van der Waals surface area contributed by atoms with Crippen LogP contribution in [0.25, 0.3) is 0 Å². The average Bonchev–Trinajstić information content (AvgIpc) is 2.41. The monoisotopic (exact) mass is 288 g/mol. The molecule has 1 fully saturated rings. The number of anilines is 1. The standard InChI is InChI=1S/C17H24N2O2/c1-11(2)19-14-9-12(3)8-13-15(20)10-17(21-16(13)14)4-6-18-7-5-17/h8-9,11,18-19H,4-7,10H2,1-3H3. The summed E-state index contributed by atoms with van der Waals surface area (Å²) < 4.78 is 6.39. The van der Waals surface area contributed by atoms with Gasteiger partial charge in [-0.1, -0.05) is 0 Å². The average molecular weight is 288 g/mol. The van der Waals surface area contributed by atoms with Crippen LogP contribution in [0.5, 0.6) is 5.75 Å². The van der Waals surface area contributed by atoms with E-state index in [-0.39, 0.29) is 11.4 Å². The molecular weight excluding hydrogens is 264 g/mol. The summed E-state index contributed by atoms with van der Waals surface area (Å²) in [6.07, 6.45) is 2.30. The van der Waals surface area contributed by atoms with Gasteiger partial charge < -0.3 is 15.4 Å². The molecule has 4 nitrogen and oxygen atoms in total. The van der Waals surface area contributed by atoms with Crippen molar-refractivity contribution in [2.45, 2.75) is 51.7 Å². The molecule has 0 bridgehead atoms. The van der Waals surface area contributed by atoms with E-state index in [9.17, 15) is 4.79 Å². The Morgan fingerprint density at radius 1 is 1.29 bits per heavy atom. The summed E-state index contributed by atoms with van der Waals surface area (Å²) in [5, 5.41) is 6.77. The summed E-state index contributed by atoms with van der Waals surface area (Å²) in [4.78, 5) is 12.6. The van der Waals surface area contributed by atoms with Gasteiger partial charge in [0.15, 0.2) is 11.5 Å². The van der Waals surface area contributed by atoms with Crippen molar-refractivity contribution in [3.8, 4) is 5.75 Å². The Hall–Kier alpha value is -1.55. The third-order valence-electron chi connectivity index (χ3n) is 4.29.